The molecule has 0 amide bonds. The summed E-state index contributed by atoms with van der Waals surface area (Å²) in [5.74, 6) is -0.733. The Labute approximate surface area is 156 Å². The molecule has 2 unspecified atom stereocenters. The summed E-state index contributed by atoms with van der Waals surface area (Å²) in [6, 6.07) is 15.6. The van der Waals surface area contributed by atoms with E-state index in [1.165, 1.54) is 22.8 Å². The van der Waals surface area contributed by atoms with Gasteiger partial charge >= 0.3 is 0 Å². The fourth-order valence-electron chi connectivity index (χ4n) is 3.54. The molecular formula is C19H18FN3O3S. The van der Waals surface area contributed by atoms with E-state index < -0.39 is 15.8 Å². The topological polar surface area (TPSA) is 76.3 Å². The van der Waals surface area contributed by atoms with Crippen molar-refractivity contribution in [3.63, 3.8) is 0 Å². The fraction of sp³-hybridized carbons (Fsp3) is 0.263. The first-order chi connectivity index (χ1) is 13.0. The number of rotatable bonds is 5. The first-order valence-corrected chi connectivity index (χ1v) is 10.2. The first kappa shape index (κ1) is 17.8. The lowest BCUT2D eigenvalue weighted by Gasteiger charge is -2.17. The average molecular weight is 387 g/mol. The van der Waals surface area contributed by atoms with Gasteiger partial charge in [-0.3, -0.25) is 0 Å². The van der Waals surface area contributed by atoms with Crippen molar-refractivity contribution in [2.75, 3.05) is 13.1 Å². The molecule has 27 heavy (non-hydrogen) atoms. The summed E-state index contributed by atoms with van der Waals surface area (Å²) < 4.78 is 46.1. The number of aromatic nitrogens is 2. The molecule has 8 heteroatoms. The van der Waals surface area contributed by atoms with E-state index in [2.05, 4.69) is 10.1 Å². The Balaban J connectivity index is 1.63. The van der Waals surface area contributed by atoms with Crippen molar-refractivity contribution in [1.82, 2.24) is 14.4 Å². The van der Waals surface area contributed by atoms with Gasteiger partial charge in [0.2, 0.25) is 16.4 Å². The number of sulfonamides is 1. The van der Waals surface area contributed by atoms with Crippen LogP contribution < -0.4 is 0 Å². The molecule has 0 N–H and O–H groups in total. The molecule has 0 spiro atoms. The summed E-state index contributed by atoms with van der Waals surface area (Å²) in [4.78, 5) is 4.13. The standard InChI is InChI=1S/C19H18FN3O3S/c20-18-9-5-4-8-15(18)12-27(24,25)23-10-16(14-6-2-1-3-7-14)17(11-23)19-21-13-26-22-19/h1-9,13,16-17H,10-12H2. The fourth-order valence-corrected chi connectivity index (χ4v) is 5.13. The summed E-state index contributed by atoms with van der Waals surface area (Å²) in [5, 5.41) is 3.92. The van der Waals surface area contributed by atoms with Crippen molar-refractivity contribution >= 4 is 10.0 Å². The van der Waals surface area contributed by atoms with Gasteiger partial charge in [-0.1, -0.05) is 53.7 Å². The quantitative estimate of drug-likeness (QED) is 0.673. The lowest BCUT2D eigenvalue weighted by atomic mass is 9.88. The Morgan fingerprint density at radius 1 is 1.04 bits per heavy atom. The van der Waals surface area contributed by atoms with Gasteiger partial charge in [-0.05, 0) is 11.6 Å². The predicted molar refractivity (Wildman–Crippen MR) is 96.8 cm³/mol. The van der Waals surface area contributed by atoms with Crippen molar-refractivity contribution < 1.29 is 17.3 Å². The minimum absolute atomic E-state index is 0.0980. The molecule has 0 aliphatic carbocycles. The van der Waals surface area contributed by atoms with Crippen molar-refractivity contribution in [1.29, 1.82) is 0 Å². The number of nitrogens with zero attached hydrogens (tertiary/aromatic N) is 3. The zero-order valence-electron chi connectivity index (χ0n) is 14.4. The van der Waals surface area contributed by atoms with Crippen LogP contribution in [0.1, 0.15) is 28.8 Å². The van der Waals surface area contributed by atoms with Crippen LogP contribution in [0.25, 0.3) is 0 Å². The van der Waals surface area contributed by atoms with Crippen molar-refractivity contribution in [2.24, 2.45) is 0 Å². The molecule has 1 aliphatic rings. The van der Waals surface area contributed by atoms with Gasteiger partial charge in [-0.25, -0.2) is 17.1 Å². The molecule has 1 aliphatic heterocycles. The molecular weight excluding hydrogens is 369 g/mol. The summed E-state index contributed by atoms with van der Waals surface area (Å²) in [7, 11) is -3.69. The smallest absolute Gasteiger partial charge is 0.218 e. The maximum Gasteiger partial charge on any atom is 0.218 e. The van der Waals surface area contributed by atoms with Gasteiger partial charge in [-0.2, -0.15) is 4.98 Å². The highest BCUT2D eigenvalue weighted by atomic mass is 32.2. The second-order valence-electron chi connectivity index (χ2n) is 6.58. The second kappa shape index (κ2) is 7.21. The number of halogens is 1. The Morgan fingerprint density at radius 2 is 1.74 bits per heavy atom. The zero-order valence-corrected chi connectivity index (χ0v) is 15.2. The highest BCUT2D eigenvalue weighted by Gasteiger charge is 2.42. The van der Waals surface area contributed by atoms with E-state index in [1.807, 2.05) is 30.3 Å². The number of hydrogen-bond acceptors (Lipinski definition) is 5. The normalized spacial score (nSPS) is 20.8. The third-order valence-electron chi connectivity index (χ3n) is 4.91. The number of benzene rings is 2. The Kier molecular flexibility index (Phi) is 4.75. The van der Waals surface area contributed by atoms with Crippen LogP contribution >= 0.6 is 0 Å². The van der Waals surface area contributed by atoms with E-state index >= 15 is 0 Å². The summed E-state index contributed by atoms with van der Waals surface area (Å²) in [5.41, 5.74) is 1.17. The van der Waals surface area contributed by atoms with Crippen LogP contribution in [0.15, 0.2) is 65.5 Å². The van der Waals surface area contributed by atoms with Crippen LogP contribution in [0.2, 0.25) is 0 Å². The number of hydrogen-bond donors (Lipinski definition) is 0. The minimum atomic E-state index is -3.69. The largest absolute Gasteiger partial charge is 0.343 e. The second-order valence-corrected chi connectivity index (χ2v) is 8.55. The zero-order chi connectivity index (χ0) is 18.9. The van der Waals surface area contributed by atoms with E-state index in [0.29, 0.717) is 12.4 Å². The van der Waals surface area contributed by atoms with E-state index in [0.717, 1.165) is 5.56 Å². The molecule has 4 rings (SSSR count). The molecule has 0 radical (unpaired) electrons. The van der Waals surface area contributed by atoms with Gasteiger partial charge in [0.1, 0.15) is 5.82 Å². The van der Waals surface area contributed by atoms with E-state index in [-0.39, 0.29) is 29.7 Å². The SMILES string of the molecule is O=S(=O)(Cc1ccccc1F)N1CC(c2ccccc2)C(c2ncon2)C1. The lowest BCUT2D eigenvalue weighted by molar-refractivity contribution is 0.401. The van der Waals surface area contributed by atoms with Crippen LogP contribution in [0.3, 0.4) is 0 Å². The summed E-state index contributed by atoms with van der Waals surface area (Å²) in [6.45, 7) is 0.524. The first-order valence-electron chi connectivity index (χ1n) is 8.57. The summed E-state index contributed by atoms with van der Waals surface area (Å²) >= 11 is 0. The average Bonchev–Trinajstić information content (AvgIpc) is 3.34. The molecule has 0 bridgehead atoms. The van der Waals surface area contributed by atoms with Gasteiger partial charge in [-0.15, -0.1) is 0 Å². The third kappa shape index (κ3) is 3.63. The van der Waals surface area contributed by atoms with E-state index in [9.17, 15) is 12.8 Å². The monoisotopic (exact) mass is 387 g/mol. The Morgan fingerprint density at radius 3 is 2.44 bits per heavy atom. The van der Waals surface area contributed by atoms with E-state index in [4.69, 9.17) is 4.52 Å². The Hall–Kier alpha value is -2.58. The molecule has 2 atom stereocenters. The van der Waals surface area contributed by atoms with Gasteiger partial charge in [0, 0.05) is 30.5 Å². The molecule has 3 aromatic rings. The van der Waals surface area contributed by atoms with Gasteiger partial charge in [0.05, 0.1) is 5.75 Å². The van der Waals surface area contributed by atoms with Crippen molar-refractivity contribution in [3.05, 3.63) is 83.8 Å². The molecule has 2 aromatic carbocycles. The van der Waals surface area contributed by atoms with Crippen molar-refractivity contribution in [2.45, 2.75) is 17.6 Å². The molecule has 1 aromatic heterocycles. The van der Waals surface area contributed by atoms with E-state index in [1.54, 1.807) is 12.1 Å². The maximum absolute atomic E-state index is 13.9. The Bertz CT molecular complexity index is 1010. The third-order valence-corrected chi connectivity index (χ3v) is 6.67. The lowest BCUT2D eigenvalue weighted by Crippen LogP contribution is -2.30. The van der Waals surface area contributed by atoms with Crippen LogP contribution in [0, 0.1) is 5.82 Å². The van der Waals surface area contributed by atoms with Gasteiger partial charge in [0.25, 0.3) is 0 Å². The molecule has 6 nitrogen and oxygen atoms in total. The van der Waals surface area contributed by atoms with Crippen LogP contribution in [-0.4, -0.2) is 36.0 Å². The van der Waals surface area contributed by atoms with Crippen LogP contribution in [0.5, 0.6) is 0 Å². The predicted octanol–water partition coefficient (Wildman–Crippen LogP) is 2.92. The molecule has 1 fully saturated rings. The van der Waals surface area contributed by atoms with Crippen LogP contribution in [0.4, 0.5) is 4.39 Å². The minimum Gasteiger partial charge on any atom is -0.343 e. The maximum atomic E-state index is 13.9. The van der Waals surface area contributed by atoms with Gasteiger partial charge in [0.15, 0.2) is 5.82 Å². The molecule has 2 heterocycles. The molecule has 140 valence electrons. The molecule has 1 saturated heterocycles. The molecule has 0 saturated carbocycles. The van der Waals surface area contributed by atoms with Crippen LogP contribution in [-0.2, 0) is 15.8 Å². The highest BCUT2D eigenvalue weighted by molar-refractivity contribution is 7.88. The van der Waals surface area contributed by atoms with Crippen molar-refractivity contribution in [3.8, 4) is 0 Å². The summed E-state index contributed by atoms with van der Waals surface area (Å²) in [6.07, 6.45) is 1.24. The van der Waals surface area contributed by atoms with Gasteiger partial charge < -0.3 is 4.52 Å². The highest BCUT2D eigenvalue weighted by Crippen LogP contribution is 2.39.